The molecule has 27 heavy (non-hydrogen) atoms. The number of hydrogen-bond acceptors (Lipinski definition) is 6. The second-order valence-electron chi connectivity index (χ2n) is 5.27. The van der Waals surface area contributed by atoms with E-state index in [0.29, 0.717) is 17.1 Å². The molecule has 0 spiro atoms. The van der Waals surface area contributed by atoms with E-state index in [1.165, 1.54) is 37.0 Å². The Morgan fingerprint density at radius 2 is 1.85 bits per heavy atom. The van der Waals surface area contributed by atoms with Gasteiger partial charge in [-0.25, -0.2) is 10.2 Å². The Morgan fingerprint density at radius 3 is 2.56 bits per heavy atom. The van der Waals surface area contributed by atoms with Gasteiger partial charge in [0.1, 0.15) is 11.5 Å². The van der Waals surface area contributed by atoms with Gasteiger partial charge in [0.2, 0.25) is 0 Å². The molecule has 0 aliphatic rings. The number of carbonyl (C=O) groups is 2. The molecular weight excluding hydrogens is 346 g/mol. The van der Waals surface area contributed by atoms with Crippen LogP contribution in [0.15, 0.2) is 82.8 Å². The van der Waals surface area contributed by atoms with Crippen LogP contribution in [0.2, 0.25) is 0 Å². The number of hydrazone groups is 1. The van der Waals surface area contributed by atoms with E-state index in [2.05, 4.69) is 15.5 Å². The molecule has 0 saturated heterocycles. The van der Waals surface area contributed by atoms with E-state index in [-0.39, 0.29) is 5.91 Å². The quantitative estimate of drug-likeness (QED) is 0.239. The number of rotatable bonds is 6. The van der Waals surface area contributed by atoms with Crippen LogP contribution in [-0.4, -0.2) is 23.1 Å². The first-order valence-electron chi connectivity index (χ1n) is 7.97. The lowest BCUT2D eigenvalue weighted by Gasteiger charge is -2.02. The number of ether oxygens (including phenoxy) is 1. The summed E-state index contributed by atoms with van der Waals surface area (Å²) in [4.78, 5) is 27.4. The van der Waals surface area contributed by atoms with E-state index in [1.54, 1.807) is 48.5 Å². The zero-order valence-electron chi connectivity index (χ0n) is 14.1. The Hall–Kier alpha value is -4.00. The molecule has 0 atom stereocenters. The van der Waals surface area contributed by atoms with Gasteiger partial charge in [-0.05, 0) is 60.2 Å². The molecule has 0 bridgehead atoms. The molecule has 1 N–H and O–H groups in total. The van der Waals surface area contributed by atoms with Crippen molar-refractivity contribution in [3.05, 3.63) is 90.2 Å². The molecule has 1 aromatic carbocycles. The molecule has 0 aliphatic heterocycles. The smallest absolute Gasteiger partial charge is 0.336 e. The summed E-state index contributed by atoms with van der Waals surface area (Å²) in [6.45, 7) is 0. The molecule has 7 nitrogen and oxygen atoms in total. The fourth-order valence-corrected chi connectivity index (χ4v) is 2.04. The summed E-state index contributed by atoms with van der Waals surface area (Å²) >= 11 is 0. The molecule has 1 amide bonds. The average molecular weight is 361 g/mol. The molecule has 2 aromatic heterocycles. The van der Waals surface area contributed by atoms with Gasteiger partial charge in [-0.15, -0.1) is 0 Å². The topological polar surface area (TPSA) is 93.8 Å². The van der Waals surface area contributed by atoms with Crippen molar-refractivity contribution in [3.8, 4) is 5.75 Å². The van der Waals surface area contributed by atoms with Crippen molar-refractivity contribution in [1.82, 2.24) is 10.4 Å². The van der Waals surface area contributed by atoms with Gasteiger partial charge >= 0.3 is 5.97 Å². The molecular formula is C20H15N3O4. The maximum atomic E-state index is 11.8. The van der Waals surface area contributed by atoms with Gasteiger partial charge < -0.3 is 9.15 Å². The molecule has 0 unspecified atom stereocenters. The lowest BCUT2D eigenvalue weighted by Crippen LogP contribution is -2.17. The van der Waals surface area contributed by atoms with Crippen LogP contribution in [0.5, 0.6) is 5.75 Å². The van der Waals surface area contributed by atoms with Crippen molar-refractivity contribution < 1.29 is 18.7 Å². The highest BCUT2D eigenvalue weighted by Gasteiger charge is 2.03. The minimum absolute atomic E-state index is 0.331. The van der Waals surface area contributed by atoms with Crippen molar-refractivity contribution in [1.29, 1.82) is 0 Å². The summed E-state index contributed by atoms with van der Waals surface area (Å²) in [5, 5.41) is 3.89. The number of amides is 1. The van der Waals surface area contributed by atoms with Gasteiger partial charge in [0.05, 0.1) is 12.5 Å². The standard InChI is InChI=1S/C20H15N3O4/c24-19(8-7-17-2-1-13-26-17)27-18-5-3-15(4-6-18)14-22-23-20(25)16-9-11-21-12-10-16/h1-14H,(H,23,25). The summed E-state index contributed by atoms with van der Waals surface area (Å²) in [7, 11) is 0. The van der Waals surface area contributed by atoms with Gasteiger partial charge in [0.25, 0.3) is 5.91 Å². The number of carbonyl (C=O) groups excluding carboxylic acids is 2. The first-order valence-corrected chi connectivity index (χ1v) is 7.97. The van der Waals surface area contributed by atoms with E-state index < -0.39 is 5.97 Å². The van der Waals surface area contributed by atoms with E-state index in [9.17, 15) is 9.59 Å². The van der Waals surface area contributed by atoms with Crippen LogP contribution in [-0.2, 0) is 4.79 Å². The molecule has 3 aromatic rings. The highest BCUT2D eigenvalue weighted by molar-refractivity contribution is 5.94. The number of nitrogens with zero attached hydrogens (tertiary/aromatic N) is 2. The van der Waals surface area contributed by atoms with Crippen LogP contribution < -0.4 is 10.2 Å². The zero-order chi connectivity index (χ0) is 18.9. The normalized spacial score (nSPS) is 11.0. The maximum Gasteiger partial charge on any atom is 0.336 e. The van der Waals surface area contributed by atoms with Crippen molar-refractivity contribution in [2.45, 2.75) is 0 Å². The predicted octanol–water partition coefficient (Wildman–Crippen LogP) is 3.06. The fourth-order valence-electron chi connectivity index (χ4n) is 2.04. The van der Waals surface area contributed by atoms with Crippen molar-refractivity contribution in [2.24, 2.45) is 5.10 Å². The highest BCUT2D eigenvalue weighted by atomic mass is 16.5. The summed E-state index contributed by atoms with van der Waals surface area (Å²) in [5.41, 5.74) is 3.62. The minimum Gasteiger partial charge on any atom is -0.465 e. The lowest BCUT2D eigenvalue weighted by atomic mass is 10.2. The number of benzene rings is 1. The van der Waals surface area contributed by atoms with Gasteiger partial charge in [-0.1, -0.05) is 0 Å². The van der Waals surface area contributed by atoms with E-state index >= 15 is 0 Å². The van der Waals surface area contributed by atoms with Gasteiger partial charge in [0, 0.05) is 24.0 Å². The molecule has 0 fully saturated rings. The third kappa shape index (κ3) is 5.50. The summed E-state index contributed by atoms with van der Waals surface area (Å²) in [6.07, 6.45) is 8.87. The van der Waals surface area contributed by atoms with E-state index in [4.69, 9.17) is 9.15 Å². The average Bonchev–Trinajstić information content (AvgIpc) is 3.22. The van der Waals surface area contributed by atoms with Crippen LogP contribution in [0.25, 0.3) is 6.08 Å². The van der Waals surface area contributed by atoms with Crippen molar-refractivity contribution in [2.75, 3.05) is 0 Å². The Kier molecular flexibility index (Phi) is 5.88. The van der Waals surface area contributed by atoms with Crippen LogP contribution in [0.1, 0.15) is 21.7 Å². The number of nitrogens with one attached hydrogen (secondary N) is 1. The Labute approximate surface area is 155 Å². The number of furan rings is 1. The summed E-state index contributed by atoms with van der Waals surface area (Å²) in [6, 6.07) is 13.3. The van der Waals surface area contributed by atoms with Gasteiger partial charge in [-0.3, -0.25) is 9.78 Å². The Bertz CT molecular complexity index is 947. The van der Waals surface area contributed by atoms with E-state index in [1.807, 2.05) is 0 Å². The van der Waals surface area contributed by atoms with Gasteiger partial charge in [-0.2, -0.15) is 5.10 Å². The van der Waals surface area contributed by atoms with Gasteiger partial charge in [0.15, 0.2) is 0 Å². The fraction of sp³-hybridized carbons (Fsp3) is 0. The monoisotopic (exact) mass is 361 g/mol. The number of aromatic nitrogens is 1. The number of esters is 1. The van der Waals surface area contributed by atoms with Crippen molar-refractivity contribution >= 4 is 24.2 Å². The van der Waals surface area contributed by atoms with Crippen molar-refractivity contribution in [3.63, 3.8) is 0 Å². The first kappa shape index (κ1) is 17.8. The number of hydrogen-bond donors (Lipinski definition) is 1. The van der Waals surface area contributed by atoms with E-state index in [0.717, 1.165) is 5.56 Å². The summed E-state index contributed by atoms with van der Waals surface area (Å²) < 4.78 is 10.3. The zero-order valence-corrected chi connectivity index (χ0v) is 14.1. The summed E-state index contributed by atoms with van der Waals surface area (Å²) in [5.74, 6) is 0.106. The second kappa shape index (κ2) is 8.91. The minimum atomic E-state index is -0.516. The predicted molar refractivity (Wildman–Crippen MR) is 99.1 cm³/mol. The van der Waals surface area contributed by atoms with Crippen LogP contribution in [0.3, 0.4) is 0 Å². The Morgan fingerprint density at radius 1 is 1.07 bits per heavy atom. The molecule has 0 aliphatic carbocycles. The Balaban J connectivity index is 1.51. The molecule has 7 heteroatoms. The molecule has 134 valence electrons. The first-order chi connectivity index (χ1) is 13.2. The number of pyridine rings is 1. The second-order valence-corrected chi connectivity index (χ2v) is 5.27. The molecule has 3 rings (SSSR count). The third-order valence-corrected chi connectivity index (χ3v) is 3.35. The third-order valence-electron chi connectivity index (χ3n) is 3.35. The lowest BCUT2D eigenvalue weighted by molar-refractivity contribution is -0.128. The SMILES string of the molecule is O=C(C=Cc1ccco1)Oc1ccc(C=NNC(=O)c2ccncc2)cc1. The van der Waals surface area contributed by atoms with Crippen LogP contribution in [0.4, 0.5) is 0 Å². The molecule has 2 heterocycles. The highest BCUT2D eigenvalue weighted by Crippen LogP contribution is 2.12. The van der Waals surface area contributed by atoms with Crippen LogP contribution in [0, 0.1) is 0 Å². The largest absolute Gasteiger partial charge is 0.465 e. The maximum absolute atomic E-state index is 11.8. The molecule has 0 radical (unpaired) electrons. The molecule has 0 saturated carbocycles. The van der Waals surface area contributed by atoms with Crippen LogP contribution >= 0.6 is 0 Å².